The van der Waals surface area contributed by atoms with E-state index in [1.54, 1.807) is 30.3 Å². The largest absolute Gasteiger partial charge is 0.491 e. The van der Waals surface area contributed by atoms with Gasteiger partial charge in [-0.05, 0) is 25.0 Å². The minimum Gasteiger partial charge on any atom is -0.491 e. The molecule has 6 heterocycles. The van der Waals surface area contributed by atoms with Gasteiger partial charge < -0.3 is 30.2 Å². The van der Waals surface area contributed by atoms with Gasteiger partial charge in [0.15, 0.2) is 0 Å². The molecule has 12 nitrogen and oxygen atoms in total. The van der Waals surface area contributed by atoms with E-state index in [2.05, 4.69) is 35.8 Å². The Labute approximate surface area is 292 Å². The van der Waals surface area contributed by atoms with Crippen LogP contribution in [0, 0.1) is 11.6 Å². The van der Waals surface area contributed by atoms with Gasteiger partial charge in [-0.2, -0.15) is 0 Å². The Hall–Kier alpha value is -5.21. The number of halogens is 2. The summed E-state index contributed by atoms with van der Waals surface area (Å²) in [5.41, 5.74) is 2.08. The number of rotatable bonds is 10. The Bertz CT molecular complexity index is 2040. The summed E-state index contributed by atoms with van der Waals surface area (Å²) < 4.78 is 49.9. The molecule has 2 amide bonds. The lowest BCUT2D eigenvalue weighted by Crippen LogP contribution is -2.66. The van der Waals surface area contributed by atoms with Gasteiger partial charge in [-0.15, -0.1) is 0 Å². The molecule has 3 saturated heterocycles. The number of hydrogen-bond acceptors (Lipinski definition) is 10. The molecule has 4 aliphatic heterocycles. The lowest BCUT2D eigenvalue weighted by atomic mass is 9.88. The molecule has 0 aliphatic carbocycles. The Morgan fingerprint density at radius 2 is 1.63 bits per heavy atom. The van der Waals surface area contributed by atoms with E-state index in [1.807, 2.05) is 0 Å². The van der Waals surface area contributed by atoms with Gasteiger partial charge in [-0.1, -0.05) is 24.3 Å². The molecule has 0 bridgehead atoms. The Morgan fingerprint density at radius 1 is 0.941 bits per heavy atom. The fourth-order valence-electron chi connectivity index (χ4n) is 7.59. The van der Waals surface area contributed by atoms with E-state index in [-0.39, 0.29) is 69.0 Å². The van der Waals surface area contributed by atoms with Crippen LogP contribution in [-0.2, 0) is 16.1 Å². The fourth-order valence-corrected chi connectivity index (χ4v) is 7.59. The number of benzene rings is 2. The van der Waals surface area contributed by atoms with Crippen molar-refractivity contribution in [3.8, 4) is 51.2 Å². The summed E-state index contributed by atoms with van der Waals surface area (Å²) in [6, 6.07) is 11.0. The third-order valence-electron chi connectivity index (χ3n) is 10.1. The van der Waals surface area contributed by atoms with Crippen LogP contribution < -0.4 is 30.2 Å². The van der Waals surface area contributed by atoms with Crippen molar-refractivity contribution in [2.24, 2.45) is 0 Å². The van der Waals surface area contributed by atoms with Crippen molar-refractivity contribution >= 4 is 11.8 Å². The van der Waals surface area contributed by atoms with Gasteiger partial charge in [0, 0.05) is 73.4 Å². The highest BCUT2D eigenvalue weighted by Gasteiger charge is 2.47. The molecular weight excluding hydrogens is 660 g/mol. The quantitative estimate of drug-likeness (QED) is 0.223. The van der Waals surface area contributed by atoms with Gasteiger partial charge in [0.1, 0.15) is 29.7 Å². The second-order valence-electron chi connectivity index (χ2n) is 13.5. The molecule has 4 aliphatic rings. The summed E-state index contributed by atoms with van der Waals surface area (Å²) in [4.78, 5) is 39.3. The number of amides is 2. The van der Waals surface area contributed by atoms with Crippen LogP contribution in [0.4, 0.5) is 8.78 Å². The number of hydrogen-bond donors (Lipinski definition) is 3. The fraction of sp³-hybridized carbons (Fsp3) is 0.378. The summed E-state index contributed by atoms with van der Waals surface area (Å²) >= 11 is 0. The van der Waals surface area contributed by atoms with E-state index < -0.39 is 11.6 Å². The maximum atomic E-state index is 16.4. The van der Waals surface area contributed by atoms with Gasteiger partial charge in [-0.25, -0.2) is 18.7 Å². The molecule has 1 spiro atoms. The highest BCUT2D eigenvalue weighted by Crippen LogP contribution is 2.43. The predicted octanol–water partition coefficient (Wildman–Crippen LogP) is 3.93. The predicted molar refractivity (Wildman–Crippen MR) is 182 cm³/mol. The number of carbonyl (C=O) groups is 2. The molecule has 2 aromatic carbocycles. The van der Waals surface area contributed by atoms with Crippen LogP contribution in [0.5, 0.6) is 17.5 Å². The van der Waals surface area contributed by atoms with E-state index in [4.69, 9.17) is 14.2 Å². The summed E-state index contributed by atoms with van der Waals surface area (Å²) in [6.07, 6.45) is 4.13. The molecule has 3 fully saturated rings. The van der Waals surface area contributed by atoms with Gasteiger partial charge in [0.2, 0.25) is 23.6 Å². The molecule has 0 radical (unpaired) electrons. The maximum Gasteiger partial charge on any atom is 0.237 e. The third kappa shape index (κ3) is 6.12. The number of aromatic nitrogens is 3. The zero-order chi connectivity index (χ0) is 35.3. The average molecular weight is 698 g/mol. The number of ether oxygens (including phenoxy) is 3. The zero-order valence-corrected chi connectivity index (χ0v) is 28.2. The minimum absolute atomic E-state index is 0.0382. The van der Waals surface area contributed by atoms with E-state index in [0.29, 0.717) is 63.0 Å². The first-order valence-corrected chi connectivity index (χ1v) is 17.0. The highest BCUT2D eigenvalue weighted by atomic mass is 19.1. The Kier molecular flexibility index (Phi) is 8.51. The standard InChI is InChI=1S/C37H37F2N7O5/c1-49-35-27(16-46-18-37(19-46)12-11-31(48)45-37)41-15-26(44-35)24-8-4-6-22(34(24)39)21-5-3-7-23(33(21)38)25-13-29-32(36(43-25)50-2)28(17-51-29)40-14-20-9-10-30(47)42-20/h3-8,13,15,20,28,40H,9-12,14,16-19H2,1-2H3,(H,42,47)(H,45,48)/t20-,28-/m0/s1. The van der Waals surface area contributed by atoms with Crippen LogP contribution in [0.25, 0.3) is 33.6 Å². The van der Waals surface area contributed by atoms with Crippen LogP contribution >= 0.6 is 0 Å². The maximum absolute atomic E-state index is 16.4. The second kappa shape index (κ2) is 13.2. The average Bonchev–Trinajstić information content (AvgIpc) is 3.85. The van der Waals surface area contributed by atoms with Gasteiger partial charge in [-0.3, -0.25) is 19.5 Å². The van der Waals surface area contributed by atoms with Gasteiger partial charge in [0.05, 0.1) is 48.9 Å². The number of pyridine rings is 1. The molecular formula is C37H37F2N7O5. The van der Waals surface area contributed by atoms with E-state index in [1.165, 1.54) is 32.5 Å². The highest BCUT2D eigenvalue weighted by molar-refractivity contribution is 5.80. The summed E-state index contributed by atoms with van der Waals surface area (Å²) in [5.74, 6) is -0.117. The number of nitrogens with one attached hydrogen (secondary N) is 3. The molecule has 0 saturated carbocycles. The number of methoxy groups -OCH3 is 2. The van der Waals surface area contributed by atoms with Crippen molar-refractivity contribution in [3.05, 3.63) is 71.6 Å². The topological polar surface area (TPSA) is 140 Å². The molecule has 0 unspecified atom stereocenters. The first-order valence-electron chi connectivity index (χ1n) is 17.0. The Balaban J connectivity index is 1.04. The molecule has 14 heteroatoms. The Morgan fingerprint density at radius 3 is 2.27 bits per heavy atom. The van der Waals surface area contributed by atoms with Crippen molar-refractivity contribution in [1.82, 2.24) is 35.8 Å². The van der Waals surface area contributed by atoms with E-state index >= 15 is 8.78 Å². The second-order valence-corrected chi connectivity index (χ2v) is 13.5. The first-order chi connectivity index (χ1) is 24.7. The van der Waals surface area contributed by atoms with Crippen LogP contribution in [0.2, 0.25) is 0 Å². The third-order valence-corrected chi connectivity index (χ3v) is 10.1. The van der Waals surface area contributed by atoms with Crippen molar-refractivity contribution in [2.75, 3.05) is 40.5 Å². The van der Waals surface area contributed by atoms with Crippen LogP contribution in [0.15, 0.2) is 48.7 Å². The summed E-state index contributed by atoms with van der Waals surface area (Å²) in [6.45, 7) is 2.79. The van der Waals surface area contributed by atoms with E-state index in [9.17, 15) is 9.59 Å². The van der Waals surface area contributed by atoms with E-state index in [0.717, 1.165) is 18.4 Å². The molecule has 51 heavy (non-hydrogen) atoms. The molecule has 2 atom stereocenters. The minimum atomic E-state index is -0.658. The molecule has 264 valence electrons. The van der Waals surface area contributed by atoms with Crippen LogP contribution in [0.1, 0.15) is 43.0 Å². The first kappa shape index (κ1) is 33.0. The number of fused-ring (bicyclic) bond motifs is 1. The van der Waals surface area contributed by atoms with Crippen LogP contribution in [0.3, 0.4) is 0 Å². The molecule has 4 aromatic rings. The smallest absolute Gasteiger partial charge is 0.237 e. The summed E-state index contributed by atoms with van der Waals surface area (Å²) in [7, 11) is 2.98. The lowest BCUT2D eigenvalue weighted by Gasteiger charge is -2.47. The summed E-state index contributed by atoms with van der Waals surface area (Å²) in [5, 5.41) is 9.45. The van der Waals surface area contributed by atoms with Crippen molar-refractivity contribution in [2.45, 2.75) is 49.9 Å². The SMILES string of the molecule is COc1nc(-c2cccc(-c3cccc(-c4cc5c(c(OC)n4)[C@@H](NC[C@@H]4CCC(=O)N4)CO5)c3F)c2F)cnc1CN1CC2(CCC(=O)N2)C1. The molecule has 8 rings (SSSR count). The number of carbonyl (C=O) groups excluding carboxylic acids is 2. The van der Waals surface area contributed by atoms with Crippen LogP contribution in [-0.4, -0.2) is 83.7 Å². The van der Waals surface area contributed by atoms with Gasteiger partial charge >= 0.3 is 0 Å². The molecule has 3 N–H and O–H groups in total. The molecule has 2 aromatic heterocycles. The zero-order valence-electron chi connectivity index (χ0n) is 28.2. The van der Waals surface area contributed by atoms with Gasteiger partial charge in [0.25, 0.3) is 0 Å². The van der Waals surface area contributed by atoms with Crippen molar-refractivity contribution in [3.63, 3.8) is 0 Å². The number of likely N-dealkylation sites (tertiary alicyclic amines) is 1. The lowest BCUT2D eigenvalue weighted by molar-refractivity contribution is -0.121. The normalized spacial score (nSPS) is 20.5. The van der Waals surface area contributed by atoms with Crippen molar-refractivity contribution < 1.29 is 32.6 Å². The monoisotopic (exact) mass is 697 g/mol. The van der Waals surface area contributed by atoms with Crippen molar-refractivity contribution in [1.29, 1.82) is 0 Å². The number of nitrogens with zero attached hydrogens (tertiary/aromatic N) is 4.